The summed E-state index contributed by atoms with van der Waals surface area (Å²) < 4.78 is 0. The van der Waals surface area contributed by atoms with Gasteiger partial charge in [-0.15, -0.1) is 0 Å². The van der Waals surface area contributed by atoms with Crippen LogP contribution < -0.4 is 5.32 Å². The molecule has 1 N–H and O–H groups in total. The minimum atomic E-state index is 0.695. The summed E-state index contributed by atoms with van der Waals surface area (Å²) in [6.45, 7) is 9.05. The van der Waals surface area contributed by atoms with Crippen molar-refractivity contribution in [2.75, 3.05) is 13.1 Å². The van der Waals surface area contributed by atoms with Crippen LogP contribution in [0.3, 0.4) is 0 Å². The lowest BCUT2D eigenvalue weighted by atomic mass is 9.92. The lowest BCUT2D eigenvalue weighted by Gasteiger charge is -2.19. The van der Waals surface area contributed by atoms with Crippen LogP contribution in [0.15, 0.2) is 24.3 Å². The fourth-order valence-corrected chi connectivity index (χ4v) is 2.76. The Labute approximate surface area is 130 Å². The maximum atomic E-state index is 6.29. The van der Waals surface area contributed by atoms with Crippen molar-refractivity contribution in [2.45, 2.75) is 52.9 Å². The van der Waals surface area contributed by atoms with Crippen molar-refractivity contribution in [2.24, 2.45) is 11.8 Å². The van der Waals surface area contributed by atoms with Gasteiger partial charge in [0, 0.05) is 5.02 Å². The van der Waals surface area contributed by atoms with Crippen molar-refractivity contribution in [1.29, 1.82) is 0 Å². The van der Waals surface area contributed by atoms with E-state index in [2.05, 4.69) is 38.2 Å². The van der Waals surface area contributed by atoms with Crippen molar-refractivity contribution < 1.29 is 0 Å². The Hall–Kier alpha value is -0.530. The molecule has 0 aliphatic heterocycles. The van der Waals surface area contributed by atoms with Gasteiger partial charge in [-0.2, -0.15) is 0 Å². The zero-order valence-electron chi connectivity index (χ0n) is 13.3. The van der Waals surface area contributed by atoms with Gasteiger partial charge in [-0.05, 0) is 55.8 Å². The first-order valence-corrected chi connectivity index (χ1v) is 8.45. The van der Waals surface area contributed by atoms with Crippen LogP contribution in [0.25, 0.3) is 0 Å². The van der Waals surface area contributed by atoms with Crippen molar-refractivity contribution in [1.82, 2.24) is 5.32 Å². The highest BCUT2D eigenvalue weighted by Crippen LogP contribution is 2.22. The van der Waals surface area contributed by atoms with Gasteiger partial charge in [-0.3, -0.25) is 0 Å². The molecule has 0 amide bonds. The van der Waals surface area contributed by atoms with E-state index in [9.17, 15) is 0 Å². The number of hydrogen-bond acceptors (Lipinski definition) is 1. The Kier molecular flexibility index (Phi) is 8.97. The molecule has 0 bridgehead atoms. The topological polar surface area (TPSA) is 12.0 Å². The molecule has 20 heavy (non-hydrogen) atoms. The molecule has 0 spiro atoms. The molecule has 0 aliphatic carbocycles. The van der Waals surface area contributed by atoms with Crippen molar-refractivity contribution in [3.63, 3.8) is 0 Å². The van der Waals surface area contributed by atoms with E-state index in [1.54, 1.807) is 0 Å². The fourth-order valence-electron chi connectivity index (χ4n) is 2.55. The van der Waals surface area contributed by atoms with E-state index in [0.717, 1.165) is 30.5 Å². The summed E-state index contributed by atoms with van der Waals surface area (Å²) in [5, 5.41) is 4.48. The van der Waals surface area contributed by atoms with Gasteiger partial charge in [0.05, 0.1) is 0 Å². The van der Waals surface area contributed by atoms with Crippen LogP contribution in [0.5, 0.6) is 0 Å². The van der Waals surface area contributed by atoms with Crippen molar-refractivity contribution >= 4 is 11.6 Å². The zero-order chi connectivity index (χ0) is 14.8. The number of halogens is 1. The SMILES string of the molecule is CCCNCC(CCCC(C)C)Cc1ccccc1Cl. The summed E-state index contributed by atoms with van der Waals surface area (Å²) in [7, 11) is 0. The number of benzene rings is 1. The highest BCUT2D eigenvalue weighted by Gasteiger charge is 2.11. The third kappa shape index (κ3) is 7.31. The molecule has 1 rings (SSSR count). The molecule has 0 aliphatic rings. The van der Waals surface area contributed by atoms with E-state index in [1.165, 1.54) is 31.2 Å². The van der Waals surface area contributed by atoms with E-state index < -0.39 is 0 Å². The van der Waals surface area contributed by atoms with Crippen molar-refractivity contribution in [3.05, 3.63) is 34.9 Å². The van der Waals surface area contributed by atoms with Crippen LogP contribution in [0.1, 0.15) is 52.0 Å². The molecular formula is C18H30ClN. The molecular weight excluding hydrogens is 266 g/mol. The third-order valence-corrected chi connectivity index (χ3v) is 4.09. The van der Waals surface area contributed by atoms with Gasteiger partial charge in [0.25, 0.3) is 0 Å². The molecule has 0 saturated heterocycles. The standard InChI is InChI=1S/C18H30ClN/c1-4-12-20-14-16(9-7-8-15(2)3)13-17-10-5-6-11-18(17)19/h5-6,10-11,15-16,20H,4,7-9,12-14H2,1-3H3. The van der Waals surface area contributed by atoms with Gasteiger partial charge in [0.15, 0.2) is 0 Å². The molecule has 0 heterocycles. The Morgan fingerprint density at radius 1 is 1.15 bits per heavy atom. The Morgan fingerprint density at radius 2 is 1.90 bits per heavy atom. The van der Waals surface area contributed by atoms with Crippen LogP contribution >= 0.6 is 11.6 Å². The Balaban J connectivity index is 2.50. The molecule has 0 fully saturated rings. The number of nitrogens with one attached hydrogen (secondary N) is 1. The van der Waals surface area contributed by atoms with Gasteiger partial charge in [-0.1, -0.05) is 63.4 Å². The summed E-state index contributed by atoms with van der Waals surface area (Å²) in [5.74, 6) is 1.50. The van der Waals surface area contributed by atoms with Crippen LogP contribution in [-0.4, -0.2) is 13.1 Å². The normalized spacial score (nSPS) is 12.8. The molecule has 1 aromatic rings. The summed E-state index contributed by atoms with van der Waals surface area (Å²) in [5.41, 5.74) is 1.29. The van der Waals surface area contributed by atoms with Crippen LogP contribution in [0.4, 0.5) is 0 Å². The molecule has 2 heteroatoms. The summed E-state index contributed by atoms with van der Waals surface area (Å²) in [6.07, 6.45) is 6.23. The lowest BCUT2D eigenvalue weighted by Crippen LogP contribution is -2.25. The van der Waals surface area contributed by atoms with E-state index in [-0.39, 0.29) is 0 Å². The van der Waals surface area contributed by atoms with Gasteiger partial charge in [0.2, 0.25) is 0 Å². The quantitative estimate of drug-likeness (QED) is 0.576. The second-order valence-electron chi connectivity index (χ2n) is 6.19. The second kappa shape index (κ2) is 10.2. The summed E-state index contributed by atoms with van der Waals surface area (Å²) in [4.78, 5) is 0. The number of rotatable bonds is 10. The summed E-state index contributed by atoms with van der Waals surface area (Å²) in [6, 6.07) is 8.26. The molecule has 0 aromatic heterocycles. The fraction of sp³-hybridized carbons (Fsp3) is 0.667. The monoisotopic (exact) mass is 295 g/mol. The molecule has 1 unspecified atom stereocenters. The third-order valence-electron chi connectivity index (χ3n) is 3.72. The summed E-state index contributed by atoms with van der Waals surface area (Å²) >= 11 is 6.29. The molecule has 1 atom stereocenters. The van der Waals surface area contributed by atoms with Gasteiger partial charge >= 0.3 is 0 Å². The highest BCUT2D eigenvalue weighted by atomic mass is 35.5. The average Bonchev–Trinajstić information content (AvgIpc) is 2.41. The van der Waals surface area contributed by atoms with Gasteiger partial charge in [-0.25, -0.2) is 0 Å². The van der Waals surface area contributed by atoms with E-state index in [1.807, 2.05) is 12.1 Å². The predicted octanol–water partition coefficient (Wildman–Crippen LogP) is 5.32. The molecule has 114 valence electrons. The van der Waals surface area contributed by atoms with Crippen LogP contribution in [0.2, 0.25) is 5.02 Å². The van der Waals surface area contributed by atoms with E-state index >= 15 is 0 Å². The predicted molar refractivity (Wildman–Crippen MR) is 90.5 cm³/mol. The number of hydrogen-bond donors (Lipinski definition) is 1. The first-order chi connectivity index (χ1) is 9.63. The van der Waals surface area contributed by atoms with Gasteiger partial charge < -0.3 is 5.32 Å². The zero-order valence-corrected chi connectivity index (χ0v) is 14.0. The largest absolute Gasteiger partial charge is 0.316 e. The van der Waals surface area contributed by atoms with E-state index in [4.69, 9.17) is 11.6 Å². The maximum absolute atomic E-state index is 6.29. The maximum Gasteiger partial charge on any atom is 0.0438 e. The average molecular weight is 296 g/mol. The smallest absolute Gasteiger partial charge is 0.0438 e. The van der Waals surface area contributed by atoms with Gasteiger partial charge in [0.1, 0.15) is 0 Å². The minimum Gasteiger partial charge on any atom is -0.316 e. The molecule has 1 aromatic carbocycles. The highest BCUT2D eigenvalue weighted by molar-refractivity contribution is 6.31. The van der Waals surface area contributed by atoms with Crippen LogP contribution in [-0.2, 0) is 6.42 Å². The minimum absolute atomic E-state index is 0.695. The molecule has 0 saturated carbocycles. The first-order valence-electron chi connectivity index (χ1n) is 8.07. The Morgan fingerprint density at radius 3 is 2.55 bits per heavy atom. The van der Waals surface area contributed by atoms with E-state index in [0.29, 0.717) is 5.92 Å². The first kappa shape index (κ1) is 17.5. The molecule has 1 nitrogen and oxygen atoms in total. The lowest BCUT2D eigenvalue weighted by molar-refractivity contribution is 0.407. The van der Waals surface area contributed by atoms with Crippen LogP contribution in [0, 0.1) is 11.8 Å². The molecule has 0 radical (unpaired) electrons. The second-order valence-corrected chi connectivity index (χ2v) is 6.60. The Bertz CT molecular complexity index is 362. The van der Waals surface area contributed by atoms with Crippen molar-refractivity contribution in [3.8, 4) is 0 Å².